The van der Waals surface area contributed by atoms with Gasteiger partial charge in [0.25, 0.3) is 0 Å². The number of thioether (sulfide) groups is 1. The molecule has 46 heavy (non-hydrogen) atoms. The minimum atomic E-state index is -3.92. The van der Waals surface area contributed by atoms with Gasteiger partial charge in [-0.15, -0.1) is 0 Å². The zero-order valence-corrected chi connectivity index (χ0v) is 26.4. The van der Waals surface area contributed by atoms with E-state index >= 15 is 0 Å². The first-order chi connectivity index (χ1) is 22.0. The number of fused-ring (bicyclic) bond motifs is 2. The number of imide groups is 1. The Morgan fingerprint density at radius 2 is 1.74 bits per heavy atom. The van der Waals surface area contributed by atoms with Crippen LogP contribution in [0.1, 0.15) is 33.6 Å². The normalized spacial score (nSPS) is 19.0. The maximum atomic E-state index is 14.0. The highest BCUT2D eigenvalue weighted by Crippen LogP contribution is 2.53. The molecule has 3 atom stereocenters. The molecule has 2 aromatic heterocycles. The highest BCUT2D eigenvalue weighted by atomic mass is 32.2. The molecule has 4 heterocycles. The number of amides is 3. The maximum Gasteiger partial charge on any atom is 0.338 e. The van der Waals surface area contributed by atoms with Crippen LogP contribution in [-0.2, 0) is 35.7 Å². The molecular formula is C30H25N5O8S3. The van der Waals surface area contributed by atoms with Crippen molar-refractivity contribution in [1.82, 2.24) is 9.55 Å². The number of ether oxygens (including phenoxy) is 1. The summed E-state index contributed by atoms with van der Waals surface area (Å²) in [6, 6.07) is 14.7. The van der Waals surface area contributed by atoms with Gasteiger partial charge in [-0.1, -0.05) is 29.2 Å². The van der Waals surface area contributed by atoms with Crippen LogP contribution in [0.3, 0.4) is 0 Å². The Kier molecular flexibility index (Phi) is 8.37. The molecule has 0 saturated carbocycles. The van der Waals surface area contributed by atoms with Crippen molar-refractivity contribution in [2.45, 2.75) is 34.6 Å². The number of aromatic nitrogens is 2. The number of hydrogen-bond donors (Lipinski definition) is 2. The predicted molar refractivity (Wildman–Crippen MR) is 169 cm³/mol. The lowest BCUT2D eigenvalue weighted by atomic mass is 9.84. The van der Waals surface area contributed by atoms with Gasteiger partial charge in [0, 0.05) is 28.9 Å². The predicted octanol–water partition coefficient (Wildman–Crippen LogP) is 2.56. The topological polar surface area (TPSA) is 188 Å². The van der Waals surface area contributed by atoms with Gasteiger partial charge in [0.05, 0.1) is 33.7 Å². The summed E-state index contributed by atoms with van der Waals surface area (Å²) < 4.78 is 29.4. The number of esters is 1. The summed E-state index contributed by atoms with van der Waals surface area (Å²) in [6.45, 7) is 1.49. The van der Waals surface area contributed by atoms with Crippen molar-refractivity contribution in [1.29, 1.82) is 0 Å². The highest BCUT2D eigenvalue weighted by Gasteiger charge is 2.57. The zero-order chi connectivity index (χ0) is 32.7. The van der Waals surface area contributed by atoms with Crippen molar-refractivity contribution >= 4 is 68.2 Å². The summed E-state index contributed by atoms with van der Waals surface area (Å²) in [7, 11) is -3.92. The second kappa shape index (κ2) is 12.3. The molecule has 2 aliphatic heterocycles. The fourth-order valence-electron chi connectivity index (χ4n) is 5.46. The first-order valence-corrected chi connectivity index (χ1v) is 17.1. The van der Waals surface area contributed by atoms with Crippen molar-refractivity contribution < 1.29 is 32.3 Å². The molecule has 16 heteroatoms. The van der Waals surface area contributed by atoms with E-state index in [-0.39, 0.29) is 28.4 Å². The Balaban J connectivity index is 1.32. The summed E-state index contributed by atoms with van der Waals surface area (Å²) in [6.07, 6.45) is 3.16. The van der Waals surface area contributed by atoms with Gasteiger partial charge in [-0.05, 0) is 67.1 Å². The molecule has 3 unspecified atom stereocenters. The molecule has 0 radical (unpaired) electrons. The van der Waals surface area contributed by atoms with Crippen molar-refractivity contribution in [2.24, 2.45) is 11.1 Å². The minimum Gasteiger partial charge on any atom is -0.462 e. The van der Waals surface area contributed by atoms with E-state index < -0.39 is 62.2 Å². The molecule has 1 saturated heterocycles. The van der Waals surface area contributed by atoms with Crippen molar-refractivity contribution in [3.8, 4) is 0 Å². The lowest BCUT2D eigenvalue weighted by Crippen LogP contribution is -2.33. The summed E-state index contributed by atoms with van der Waals surface area (Å²) in [5.41, 5.74) is 1.48. The van der Waals surface area contributed by atoms with E-state index in [2.05, 4.69) is 10.3 Å². The number of pyridine rings is 1. The number of sulfonamides is 1. The first-order valence-electron chi connectivity index (χ1n) is 13.9. The standard InChI is InChI=1S/C30H25N5O8S3/c1-2-43-29(39)16-5-9-19(10-6-16)35-26(37)23-22(17-4-3-13-32-14-17)25-28(44-24(23)27(35)38)34(30(40)45-25)15-21(36)33-18-7-11-20(12-8-18)46(31,41)42/h3-14,22-24H,2,15H2,1H3,(H,33,36)(H2,31,41,42). The summed E-state index contributed by atoms with van der Waals surface area (Å²) in [5.74, 6) is -3.60. The number of hydrogen-bond acceptors (Lipinski definition) is 11. The van der Waals surface area contributed by atoms with Crippen molar-refractivity contribution in [3.63, 3.8) is 0 Å². The molecule has 0 bridgehead atoms. The van der Waals surface area contributed by atoms with Gasteiger partial charge in [0.1, 0.15) is 11.8 Å². The Hall–Kier alpha value is -4.64. The molecule has 4 aromatic rings. The number of nitrogens with zero attached hydrogens (tertiary/aromatic N) is 3. The number of rotatable bonds is 8. The lowest BCUT2D eigenvalue weighted by molar-refractivity contribution is -0.122. The van der Waals surface area contributed by atoms with Gasteiger partial charge in [-0.2, -0.15) is 0 Å². The van der Waals surface area contributed by atoms with E-state index in [4.69, 9.17) is 9.88 Å². The second-order valence-electron chi connectivity index (χ2n) is 10.3. The molecule has 1 fully saturated rings. The molecule has 2 aromatic carbocycles. The fraction of sp³-hybridized carbons (Fsp3) is 0.200. The van der Waals surface area contributed by atoms with E-state index in [9.17, 15) is 32.4 Å². The van der Waals surface area contributed by atoms with E-state index in [1.54, 1.807) is 31.5 Å². The number of carbonyl (C=O) groups is 4. The molecule has 0 aliphatic carbocycles. The van der Waals surface area contributed by atoms with E-state index in [0.29, 0.717) is 15.5 Å². The molecule has 13 nitrogen and oxygen atoms in total. The average Bonchev–Trinajstić information content (AvgIpc) is 3.47. The van der Waals surface area contributed by atoms with Crippen molar-refractivity contribution in [3.05, 3.63) is 98.7 Å². The van der Waals surface area contributed by atoms with Crippen LogP contribution in [0.5, 0.6) is 0 Å². The Bertz CT molecular complexity index is 2030. The van der Waals surface area contributed by atoms with Gasteiger partial charge in [-0.25, -0.2) is 23.3 Å². The number of primary sulfonamides is 1. The SMILES string of the molecule is CCOC(=O)c1ccc(N2C(=O)C3Sc4c(sc(=O)n4CC(=O)Nc4ccc(S(N)(=O)=O)cc4)C(c4cccnc4)C3C2=O)cc1. The molecule has 236 valence electrons. The van der Waals surface area contributed by atoms with Crippen LogP contribution in [0.4, 0.5) is 11.4 Å². The number of nitrogens with one attached hydrogen (secondary N) is 1. The molecule has 0 spiro atoms. The number of nitrogens with two attached hydrogens (primary N) is 1. The quantitative estimate of drug-likeness (QED) is 0.207. The van der Waals surface area contributed by atoms with Crippen LogP contribution in [0, 0.1) is 5.92 Å². The van der Waals surface area contributed by atoms with Crippen LogP contribution in [0.25, 0.3) is 0 Å². The highest BCUT2D eigenvalue weighted by molar-refractivity contribution is 8.00. The van der Waals surface area contributed by atoms with E-state index in [1.165, 1.54) is 53.1 Å². The maximum absolute atomic E-state index is 14.0. The van der Waals surface area contributed by atoms with Crippen LogP contribution in [0.15, 0.2) is 87.8 Å². The monoisotopic (exact) mass is 679 g/mol. The van der Waals surface area contributed by atoms with Gasteiger partial charge in [-0.3, -0.25) is 28.7 Å². The largest absolute Gasteiger partial charge is 0.462 e. The minimum absolute atomic E-state index is 0.124. The number of benzene rings is 2. The Morgan fingerprint density at radius 1 is 1.02 bits per heavy atom. The molecule has 3 amide bonds. The van der Waals surface area contributed by atoms with Crippen LogP contribution in [0.2, 0.25) is 0 Å². The van der Waals surface area contributed by atoms with Crippen molar-refractivity contribution in [2.75, 3.05) is 16.8 Å². The lowest BCUT2D eigenvalue weighted by Gasteiger charge is -2.30. The molecule has 3 N–H and O–H groups in total. The van der Waals surface area contributed by atoms with E-state index in [1.807, 2.05) is 0 Å². The summed E-state index contributed by atoms with van der Waals surface area (Å²) in [4.78, 5) is 71.7. The summed E-state index contributed by atoms with van der Waals surface area (Å²) in [5, 5.41) is 7.25. The van der Waals surface area contributed by atoms with Gasteiger partial charge >= 0.3 is 10.8 Å². The second-order valence-corrected chi connectivity index (χ2v) is 14.0. The third-order valence-corrected chi connectivity index (χ3v) is 11.0. The zero-order valence-electron chi connectivity index (χ0n) is 24.0. The smallest absolute Gasteiger partial charge is 0.338 e. The fourth-order valence-corrected chi connectivity index (χ4v) is 8.75. The summed E-state index contributed by atoms with van der Waals surface area (Å²) >= 11 is 1.95. The third-order valence-electron chi connectivity index (χ3n) is 7.50. The number of anilines is 2. The van der Waals surface area contributed by atoms with Gasteiger partial charge in [0.2, 0.25) is 27.7 Å². The Labute approximate surface area is 270 Å². The van der Waals surface area contributed by atoms with Crippen LogP contribution < -0.4 is 20.2 Å². The molecule has 6 rings (SSSR count). The number of carbonyl (C=O) groups excluding carboxylic acids is 4. The Morgan fingerprint density at radius 3 is 2.37 bits per heavy atom. The average molecular weight is 680 g/mol. The molecule has 2 aliphatic rings. The van der Waals surface area contributed by atoms with E-state index in [0.717, 1.165) is 28.0 Å². The van der Waals surface area contributed by atoms with Gasteiger partial charge in [0.15, 0.2) is 0 Å². The first kappa shape index (κ1) is 31.3. The number of thiazole rings is 1. The van der Waals surface area contributed by atoms with Crippen LogP contribution >= 0.6 is 23.1 Å². The van der Waals surface area contributed by atoms with Gasteiger partial charge < -0.3 is 10.1 Å². The molecular weight excluding hydrogens is 655 g/mol. The third kappa shape index (κ3) is 5.75. The van der Waals surface area contributed by atoms with Crippen LogP contribution in [-0.4, -0.2) is 53.5 Å².